The summed E-state index contributed by atoms with van der Waals surface area (Å²) in [5, 5.41) is 7.31. The van der Waals surface area contributed by atoms with Gasteiger partial charge in [-0.15, -0.1) is 0 Å². The molecular weight excluding hydrogens is 282 g/mol. The Labute approximate surface area is 124 Å². The van der Waals surface area contributed by atoms with Gasteiger partial charge in [0.15, 0.2) is 0 Å². The summed E-state index contributed by atoms with van der Waals surface area (Å²) in [6.45, 7) is 0. The molecule has 0 amide bonds. The van der Waals surface area contributed by atoms with Gasteiger partial charge in [-0.3, -0.25) is 0 Å². The van der Waals surface area contributed by atoms with E-state index in [1.54, 1.807) is 12.1 Å². The van der Waals surface area contributed by atoms with E-state index >= 15 is 0 Å². The maximum atomic E-state index is 11.9. The van der Waals surface area contributed by atoms with Gasteiger partial charge in [-0.25, -0.2) is 13.6 Å². The lowest BCUT2D eigenvalue weighted by molar-refractivity contribution is 0.597. The van der Waals surface area contributed by atoms with Crippen molar-refractivity contribution >= 4 is 20.8 Å². The minimum absolute atomic E-state index is 0.199. The molecule has 0 heterocycles. The van der Waals surface area contributed by atoms with Crippen LogP contribution in [0.5, 0.6) is 0 Å². The van der Waals surface area contributed by atoms with Gasteiger partial charge in [0.1, 0.15) is 0 Å². The van der Waals surface area contributed by atoms with Crippen LogP contribution in [0.2, 0.25) is 0 Å². The SMILES string of the molecule is NS(=O)(=O)c1ccc2ccccc2c1Cc1ccccc1. The Balaban J connectivity index is 2.26. The Morgan fingerprint density at radius 3 is 2.19 bits per heavy atom. The minimum Gasteiger partial charge on any atom is -0.225 e. The second-order valence-corrected chi connectivity index (χ2v) is 6.50. The molecule has 3 nitrogen and oxygen atoms in total. The summed E-state index contributed by atoms with van der Waals surface area (Å²) in [5.41, 5.74) is 1.81. The molecule has 3 aromatic rings. The predicted octanol–water partition coefficient (Wildman–Crippen LogP) is 3.08. The number of sulfonamides is 1. The highest BCUT2D eigenvalue weighted by Gasteiger charge is 2.16. The van der Waals surface area contributed by atoms with Crippen LogP contribution in [-0.4, -0.2) is 8.42 Å². The van der Waals surface area contributed by atoms with Crippen molar-refractivity contribution in [1.29, 1.82) is 0 Å². The molecule has 2 N–H and O–H groups in total. The number of nitrogens with two attached hydrogens (primary N) is 1. The zero-order valence-electron chi connectivity index (χ0n) is 11.4. The molecule has 0 aromatic heterocycles. The number of hydrogen-bond acceptors (Lipinski definition) is 2. The molecule has 0 fully saturated rings. The lowest BCUT2D eigenvalue weighted by Crippen LogP contribution is -2.15. The van der Waals surface area contributed by atoms with E-state index in [1.165, 1.54) is 0 Å². The van der Waals surface area contributed by atoms with E-state index in [-0.39, 0.29) is 4.90 Å². The average Bonchev–Trinajstić information content (AvgIpc) is 2.47. The van der Waals surface area contributed by atoms with Crippen LogP contribution >= 0.6 is 0 Å². The summed E-state index contributed by atoms with van der Waals surface area (Å²) in [4.78, 5) is 0.199. The minimum atomic E-state index is -3.75. The Bertz CT molecular complexity index is 887. The summed E-state index contributed by atoms with van der Waals surface area (Å²) in [7, 11) is -3.75. The van der Waals surface area contributed by atoms with Crippen molar-refractivity contribution < 1.29 is 8.42 Å². The van der Waals surface area contributed by atoms with Gasteiger partial charge in [-0.05, 0) is 34.4 Å². The van der Waals surface area contributed by atoms with Gasteiger partial charge in [0.2, 0.25) is 10.0 Å². The molecule has 0 aliphatic heterocycles. The average molecular weight is 297 g/mol. The third-order valence-electron chi connectivity index (χ3n) is 3.53. The lowest BCUT2D eigenvalue weighted by Gasteiger charge is -2.12. The van der Waals surface area contributed by atoms with Gasteiger partial charge in [0.05, 0.1) is 4.90 Å². The fraction of sp³-hybridized carbons (Fsp3) is 0.0588. The van der Waals surface area contributed by atoms with Crippen molar-refractivity contribution in [1.82, 2.24) is 0 Å². The van der Waals surface area contributed by atoms with Crippen LogP contribution in [0.3, 0.4) is 0 Å². The van der Waals surface area contributed by atoms with Crippen molar-refractivity contribution in [2.24, 2.45) is 5.14 Å². The van der Waals surface area contributed by atoms with Crippen molar-refractivity contribution in [2.75, 3.05) is 0 Å². The molecule has 0 saturated carbocycles. The number of hydrogen-bond donors (Lipinski definition) is 1. The third kappa shape index (κ3) is 2.82. The first-order chi connectivity index (χ1) is 10.1. The molecule has 0 spiro atoms. The molecule has 4 heteroatoms. The Morgan fingerprint density at radius 2 is 1.48 bits per heavy atom. The normalized spacial score (nSPS) is 11.7. The summed E-state index contributed by atoms with van der Waals surface area (Å²) in [5.74, 6) is 0. The van der Waals surface area contributed by atoms with E-state index in [1.807, 2.05) is 54.6 Å². The zero-order chi connectivity index (χ0) is 14.9. The molecule has 21 heavy (non-hydrogen) atoms. The highest BCUT2D eigenvalue weighted by molar-refractivity contribution is 7.89. The van der Waals surface area contributed by atoms with Crippen molar-refractivity contribution in [3.63, 3.8) is 0 Å². The topological polar surface area (TPSA) is 60.2 Å². The molecule has 106 valence electrons. The predicted molar refractivity (Wildman–Crippen MR) is 84.6 cm³/mol. The van der Waals surface area contributed by atoms with Gasteiger partial charge in [0, 0.05) is 0 Å². The number of rotatable bonds is 3. The van der Waals surface area contributed by atoms with Crippen LogP contribution < -0.4 is 5.14 Å². The number of fused-ring (bicyclic) bond motifs is 1. The molecule has 0 radical (unpaired) electrons. The second-order valence-electron chi connectivity index (χ2n) is 4.97. The summed E-state index contributed by atoms with van der Waals surface area (Å²) >= 11 is 0. The third-order valence-corrected chi connectivity index (χ3v) is 4.52. The van der Waals surface area contributed by atoms with Crippen molar-refractivity contribution in [3.8, 4) is 0 Å². The fourth-order valence-corrected chi connectivity index (χ4v) is 3.35. The van der Waals surface area contributed by atoms with Crippen LogP contribution in [0.1, 0.15) is 11.1 Å². The van der Waals surface area contributed by atoms with Gasteiger partial charge in [-0.2, -0.15) is 0 Å². The summed E-state index contributed by atoms with van der Waals surface area (Å²) in [6, 6.07) is 20.9. The molecule has 0 aliphatic carbocycles. The molecule has 3 rings (SSSR count). The van der Waals surface area contributed by atoms with Crippen LogP contribution in [0.25, 0.3) is 10.8 Å². The smallest absolute Gasteiger partial charge is 0.225 e. The van der Waals surface area contributed by atoms with E-state index in [2.05, 4.69) is 0 Å². The van der Waals surface area contributed by atoms with Gasteiger partial charge < -0.3 is 0 Å². The second kappa shape index (κ2) is 5.31. The largest absolute Gasteiger partial charge is 0.238 e. The fourth-order valence-electron chi connectivity index (χ4n) is 2.56. The lowest BCUT2D eigenvalue weighted by atomic mass is 9.98. The molecule has 0 aliphatic rings. The Kier molecular flexibility index (Phi) is 3.49. The molecule has 0 saturated heterocycles. The molecular formula is C17H15NO2S. The van der Waals surface area contributed by atoms with Crippen LogP contribution in [0, 0.1) is 0 Å². The standard InChI is InChI=1S/C17H15NO2S/c18-21(19,20)17-11-10-14-8-4-5-9-15(14)16(17)12-13-6-2-1-3-7-13/h1-11H,12H2,(H2,18,19,20). The molecule has 0 atom stereocenters. The van der Waals surface area contributed by atoms with Crippen molar-refractivity contribution in [2.45, 2.75) is 11.3 Å². The van der Waals surface area contributed by atoms with E-state index in [0.29, 0.717) is 6.42 Å². The first-order valence-corrected chi connectivity index (χ1v) is 8.18. The van der Waals surface area contributed by atoms with E-state index in [9.17, 15) is 8.42 Å². The van der Waals surface area contributed by atoms with E-state index in [4.69, 9.17) is 5.14 Å². The maximum absolute atomic E-state index is 11.9. The van der Waals surface area contributed by atoms with E-state index < -0.39 is 10.0 Å². The highest BCUT2D eigenvalue weighted by atomic mass is 32.2. The van der Waals surface area contributed by atoms with Gasteiger partial charge in [-0.1, -0.05) is 60.7 Å². The summed E-state index contributed by atoms with van der Waals surface area (Å²) < 4.78 is 23.7. The monoisotopic (exact) mass is 297 g/mol. The zero-order valence-corrected chi connectivity index (χ0v) is 12.2. The molecule has 3 aromatic carbocycles. The number of benzene rings is 3. The Hall–Kier alpha value is -2.17. The quantitative estimate of drug-likeness (QED) is 0.807. The first-order valence-electron chi connectivity index (χ1n) is 6.63. The van der Waals surface area contributed by atoms with Gasteiger partial charge in [0.25, 0.3) is 0 Å². The summed E-state index contributed by atoms with van der Waals surface area (Å²) in [6.07, 6.45) is 0.536. The molecule has 0 bridgehead atoms. The first kappa shape index (κ1) is 13.8. The van der Waals surface area contributed by atoms with Gasteiger partial charge >= 0.3 is 0 Å². The van der Waals surface area contributed by atoms with Crippen molar-refractivity contribution in [3.05, 3.63) is 77.9 Å². The van der Waals surface area contributed by atoms with E-state index in [0.717, 1.165) is 21.9 Å². The molecule has 0 unspecified atom stereocenters. The van der Waals surface area contributed by atoms with Crippen LogP contribution in [-0.2, 0) is 16.4 Å². The Morgan fingerprint density at radius 1 is 0.810 bits per heavy atom. The maximum Gasteiger partial charge on any atom is 0.238 e. The highest BCUT2D eigenvalue weighted by Crippen LogP contribution is 2.27. The number of primary sulfonamides is 1. The van der Waals surface area contributed by atoms with Crippen LogP contribution in [0.15, 0.2) is 71.6 Å². The van der Waals surface area contributed by atoms with Crippen LogP contribution in [0.4, 0.5) is 0 Å².